The molecule has 2 N–H and O–H groups in total. The van der Waals surface area contributed by atoms with Gasteiger partial charge in [0, 0.05) is 6.42 Å². The van der Waals surface area contributed by atoms with Gasteiger partial charge in [-0.25, -0.2) is 0 Å². The van der Waals surface area contributed by atoms with Gasteiger partial charge in [-0.15, -0.1) is 0 Å². The van der Waals surface area contributed by atoms with Crippen LogP contribution < -0.4 is 5.32 Å². The lowest BCUT2D eigenvalue weighted by Crippen LogP contribution is -2.47. The van der Waals surface area contributed by atoms with Gasteiger partial charge in [0.2, 0.25) is 5.91 Å². The highest BCUT2D eigenvalue weighted by Gasteiger charge is 2.37. The van der Waals surface area contributed by atoms with Gasteiger partial charge in [0.15, 0.2) is 0 Å². The average molecular weight is 171 g/mol. The van der Waals surface area contributed by atoms with Crippen molar-refractivity contribution in [3.8, 4) is 0 Å². The molecule has 1 amide bonds. The monoisotopic (exact) mass is 171 g/mol. The molecule has 70 valence electrons. The largest absolute Gasteiger partial charge is 0.388 e. The van der Waals surface area contributed by atoms with Gasteiger partial charge in [-0.1, -0.05) is 13.8 Å². The number of aliphatic hydroxyl groups is 1. The fourth-order valence-electron chi connectivity index (χ4n) is 1.76. The molecule has 1 saturated heterocycles. The maximum absolute atomic E-state index is 10.9. The van der Waals surface area contributed by atoms with Crippen molar-refractivity contribution < 1.29 is 9.90 Å². The van der Waals surface area contributed by atoms with E-state index in [1.165, 1.54) is 0 Å². The third kappa shape index (κ3) is 1.61. The fourth-order valence-corrected chi connectivity index (χ4v) is 1.76. The lowest BCUT2D eigenvalue weighted by Gasteiger charge is -2.31. The van der Waals surface area contributed by atoms with Crippen molar-refractivity contribution in [3.63, 3.8) is 0 Å². The van der Waals surface area contributed by atoms with Crippen molar-refractivity contribution in [1.29, 1.82) is 0 Å². The van der Waals surface area contributed by atoms with Gasteiger partial charge in [0.1, 0.15) is 0 Å². The topological polar surface area (TPSA) is 49.3 Å². The van der Waals surface area contributed by atoms with Crippen molar-refractivity contribution >= 4 is 5.91 Å². The molecule has 12 heavy (non-hydrogen) atoms. The van der Waals surface area contributed by atoms with Crippen molar-refractivity contribution in [2.24, 2.45) is 0 Å². The zero-order valence-corrected chi connectivity index (χ0v) is 7.76. The quantitative estimate of drug-likeness (QED) is 0.660. The van der Waals surface area contributed by atoms with Crippen LogP contribution in [0.15, 0.2) is 0 Å². The Bertz CT molecular complexity index is 175. The molecule has 0 aliphatic carbocycles. The molecular formula is C9H17NO2. The van der Waals surface area contributed by atoms with E-state index in [0.717, 1.165) is 6.42 Å². The lowest BCUT2D eigenvalue weighted by atomic mass is 9.88. The molecular weight excluding hydrogens is 154 g/mol. The van der Waals surface area contributed by atoms with Crippen molar-refractivity contribution in [2.75, 3.05) is 0 Å². The standard InChI is InChI=1S/C9H17NO2/c1-3-9(12,4-2)7-5-6-8(11)10-7/h7,12H,3-6H2,1-2H3,(H,10,11). The minimum atomic E-state index is -0.688. The first-order valence-corrected chi connectivity index (χ1v) is 4.64. The van der Waals surface area contributed by atoms with E-state index >= 15 is 0 Å². The molecule has 0 aromatic carbocycles. The summed E-state index contributed by atoms with van der Waals surface area (Å²) in [4.78, 5) is 10.9. The molecule has 0 saturated carbocycles. The van der Waals surface area contributed by atoms with E-state index in [0.29, 0.717) is 19.3 Å². The van der Waals surface area contributed by atoms with Crippen LogP contribution in [-0.4, -0.2) is 22.7 Å². The second-order valence-corrected chi connectivity index (χ2v) is 3.47. The summed E-state index contributed by atoms with van der Waals surface area (Å²) in [5.41, 5.74) is -0.688. The van der Waals surface area contributed by atoms with Gasteiger partial charge < -0.3 is 10.4 Å². The first kappa shape index (κ1) is 9.52. The molecule has 0 aromatic rings. The van der Waals surface area contributed by atoms with Crippen LogP contribution in [0.3, 0.4) is 0 Å². The maximum atomic E-state index is 10.9. The van der Waals surface area contributed by atoms with E-state index in [9.17, 15) is 9.90 Å². The van der Waals surface area contributed by atoms with Crippen molar-refractivity contribution in [2.45, 2.75) is 51.2 Å². The molecule has 0 bridgehead atoms. The van der Waals surface area contributed by atoms with Gasteiger partial charge in [-0.05, 0) is 19.3 Å². The highest BCUT2D eigenvalue weighted by atomic mass is 16.3. The Hall–Kier alpha value is -0.570. The molecule has 3 heteroatoms. The SMILES string of the molecule is CCC(O)(CC)C1CCC(=O)N1. The second-order valence-electron chi connectivity index (χ2n) is 3.47. The van der Waals surface area contributed by atoms with Crippen molar-refractivity contribution in [1.82, 2.24) is 5.32 Å². The molecule has 3 nitrogen and oxygen atoms in total. The second kappa shape index (κ2) is 3.44. The van der Waals surface area contributed by atoms with Crippen LogP contribution >= 0.6 is 0 Å². The number of rotatable bonds is 3. The zero-order chi connectivity index (χ0) is 9.19. The first-order valence-electron chi connectivity index (χ1n) is 4.64. The highest BCUT2D eigenvalue weighted by molar-refractivity contribution is 5.78. The summed E-state index contributed by atoms with van der Waals surface area (Å²) in [7, 11) is 0. The van der Waals surface area contributed by atoms with Crippen LogP contribution in [0.2, 0.25) is 0 Å². The smallest absolute Gasteiger partial charge is 0.220 e. The molecule has 1 atom stereocenters. The summed E-state index contributed by atoms with van der Waals surface area (Å²) in [5.74, 6) is 0.0697. The third-order valence-electron chi connectivity index (χ3n) is 2.87. The number of carbonyl (C=O) groups is 1. The maximum Gasteiger partial charge on any atom is 0.220 e. The predicted molar refractivity (Wildman–Crippen MR) is 46.7 cm³/mol. The molecule has 1 aliphatic rings. The molecule has 1 heterocycles. The Kier molecular flexibility index (Phi) is 2.73. The van der Waals surface area contributed by atoms with E-state index < -0.39 is 5.60 Å². The van der Waals surface area contributed by atoms with Crippen LogP contribution in [0.4, 0.5) is 0 Å². The minimum Gasteiger partial charge on any atom is -0.388 e. The Labute approximate surface area is 73.2 Å². The number of amides is 1. The summed E-state index contributed by atoms with van der Waals surface area (Å²) >= 11 is 0. The molecule has 1 rings (SSSR count). The van der Waals surface area contributed by atoms with E-state index in [1.807, 2.05) is 13.8 Å². The van der Waals surface area contributed by atoms with Crippen LogP contribution in [0.1, 0.15) is 39.5 Å². The average Bonchev–Trinajstić information content (AvgIpc) is 2.51. The van der Waals surface area contributed by atoms with Crippen molar-refractivity contribution in [3.05, 3.63) is 0 Å². The summed E-state index contributed by atoms with van der Waals surface area (Å²) < 4.78 is 0. The zero-order valence-electron chi connectivity index (χ0n) is 7.76. The number of hydrogen-bond acceptors (Lipinski definition) is 2. The number of hydrogen-bond donors (Lipinski definition) is 2. The van der Waals surface area contributed by atoms with E-state index in [2.05, 4.69) is 5.32 Å². The normalized spacial score (nSPS) is 24.2. The van der Waals surface area contributed by atoms with Crippen LogP contribution in [-0.2, 0) is 4.79 Å². The van der Waals surface area contributed by atoms with E-state index in [1.54, 1.807) is 0 Å². The first-order chi connectivity index (χ1) is 5.62. The Morgan fingerprint density at radius 3 is 2.50 bits per heavy atom. The van der Waals surface area contributed by atoms with Gasteiger partial charge in [0.25, 0.3) is 0 Å². The Morgan fingerprint density at radius 2 is 2.17 bits per heavy atom. The number of carbonyl (C=O) groups excluding carboxylic acids is 1. The highest BCUT2D eigenvalue weighted by Crippen LogP contribution is 2.25. The van der Waals surface area contributed by atoms with Crippen LogP contribution in [0.25, 0.3) is 0 Å². The molecule has 1 aliphatic heterocycles. The predicted octanol–water partition coefficient (Wildman–Crippen LogP) is 0.816. The Balaban J connectivity index is 2.61. The molecule has 0 radical (unpaired) electrons. The molecule has 1 fully saturated rings. The number of nitrogens with one attached hydrogen (secondary N) is 1. The summed E-state index contributed by atoms with van der Waals surface area (Å²) in [5, 5.41) is 12.8. The third-order valence-corrected chi connectivity index (χ3v) is 2.87. The molecule has 1 unspecified atom stereocenters. The van der Waals surface area contributed by atoms with Gasteiger partial charge in [-0.2, -0.15) is 0 Å². The van der Waals surface area contributed by atoms with Gasteiger partial charge in [-0.3, -0.25) is 4.79 Å². The van der Waals surface area contributed by atoms with Gasteiger partial charge >= 0.3 is 0 Å². The summed E-state index contributed by atoms with van der Waals surface area (Å²) in [6.07, 6.45) is 2.74. The molecule has 0 aromatic heterocycles. The minimum absolute atomic E-state index is 0.0278. The lowest BCUT2D eigenvalue weighted by molar-refractivity contribution is -0.120. The van der Waals surface area contributed by atoms with Gasteiger partial charge in [0.05, 0.1) is 11.6 Å². The van der Waals surface area contributed by atoms with E-state index in [4.69, 9.17) is 0 Å². The van der Waals surface area contributed by atoms with Crippen LogP contribution in [0, 0.1) is 0 Å². The molecule has 0 spiro atoms. The fraction of sp³-hybridized carbons (Fsp3) is 0.889. The summed E-state index contributed by atoms with van der Waals surface area (Å²) in [6, 6.07) is -0.0278. The summed E-state index contributed by atoms with van der Waals surface area (Å²) in [6.45, 7) is 3.90. The Morgan fingerprint density at radius 1 is 1.58 bits per heavy atom. The van der Waals surface area contributed by atoms with Crippen LogP contribution in [0.5, 0.6) is 0 Å². The van der Waals surface area contributed by atoms with E-state index in [-0.39, 0.29) is 11.9 Å².